The molecule has 1 unspecified atom stereocenters. The van der Waals surface area contributed by atoms with Crippen molar-refractivity contribution in [3.05, 3.63) is 22.4 Å². The monoisotopic (exact) mass is 549 g/mol. The number of halogens is 1. The van der Waals surface area contributed by atoms with Crippen LogP contribution in [0.5, 0.6) is 0 Å². The quantitative estimate of drug-likeness (QED) is 0.214. The number of guanidine groups is 1. The minimum atomic E-state index is 0. The van der Waals surface area contributed by atoms with E-state index in [-0.39, 0.29) is 24.0 Å². The number of thiophene rings is 1. The van der Waals surface area contributed by atoms with Crippen molar-refractivity contribution in [2.75, 3.05) is 65.6 Å². The Labute approximate surface area is 203 Å². The van der Waals surface area contributed by atoms with Crippen LogP contribution in [0.2, 0.25) is 0 Å². The molecule has 1 atom stereocenters. The van der Waals surface area contributed by atoms with Gasteiger partial charge in [0.05, 0.1) is 25.8 Å². The molecule has 1 aromatic rings. The number of hydrogen-bond donors (Lipinski definition) is 2. The first-order chi connectivity index (χ1) is 14.3. The number of aliphatic imine (C=N–C) groups is 1. The third-order valence-corrected chi connectivity index (χ3v) is 6.92. The molecular formula is C22H40IN5OS. The van der Waals surface area contributed by atoms with Crippen LogP contribution < -0.4 is 10.6 Å². The minimum absolute atomic E-state index is 0. The Hall–Kier alpha value is -0.420. The van der Waals surface area contributed by atoms with Crippen molar-refractivity contribution < 1.29 is 4.74 Å². The van der Waals surface area contributed by atoms with Gasteiger partial charge in [-0.3, -0.25) is 14.8 Å². The Kier molecular flexibility index (Phi) is 12.6. The van der Waals surface area contributed by atoms with Gasteiger partial charge in [0.1, 0.15) is 0 Å². The third kappa shape index (κ3) is 8.61. The Bertz CT molecular complexity index is 586. The summed E-state index contributed by atoms with van der Waals surface area (Å²) in [7, 11) is 0. The molecule has 0 bridgehead atoms. The summed E-state index contributed by atoms with van der Waals surface area (Å²) in [5, 5.41) is 9.15. The van der Waals surface area contributed by atoms with Gasteiger partial charge in [0.15, 0.2) is 5.96 Å². The van der Waals surface area contributed by atoms with E-state index in [0.29, 0.717) is 6.04 Å². The van der Waals surface area contributed by atoms with Crippen LogP contribution in [0.15, 0.2) is 22.5 Å². The molecule has 2 N–H and O–H groups in total. The van der Waals surface area contributed by atoms with E-state index in [1.165, 1.54) is 30.8 Å². The Morgan fingerprint density at radius 3 is 2.67 bits per heavy atom. The predicted molar refractivity (Wildman–Crippen MR) is 138 cm³/mol. The van der Waals surface area contributed by atoms with Crippen LogP contribution in [0, 0.1) is 5.92 Å². The highest BCUT2D eigenvalue weighted by Gasteiger charge is 2.25. The molecule has 3 rings (SSSR count). The molecule has 0 saturated carbocycles. The summed E-state index contributed by atoms with van der Waals surface area (Å²) in [5.74, 6) is 1.80. The molecule has 0 radical (unpaired) electrons. The van der Waals surface area contributed by atoms with Crippen LogP contribution in [-0.2, 0) is 4.74 Å². The summed E-state index contributed by atoms with van der Waals surface area (Å²) in [6, 6.07) is 4.83. The second-order valence-corrected chi connectivity index (χ2v) is 9.18. The summed E-state index contributed by atoms with van der Waals surface area (Å²) < 4.78 is 5.43. The average Bonchev–Trinajstić information content (AvgIpc) is 3.28. The number of ether oxygens (including phenoxy) is 1. The molecule has 172 valence electrons. The number of morpholine rings is 1. The first kappa shape index (κ1) is 25.8. The molecule has 30 heavy (non-hydrogen) atoms. The van der Waals surface area contributed by atoms with E-state index in [9.17, 15) is 0 Å². The second kappa shape index (κ2) is 14.6. The average molecular weight is 550 g/mol. The molecule has 2 fully saturated rings. The van der Waals surface area contributed by atoms with E-state index in [0.717, 1.165) is 70.8 Å². The SMILES string of the molecule is CCNC(=NCC(c1cccs1)N1CCC(C)CC1)NCCCN1CCOCC1.I. The van der Waals surface area contributed by atoms with Gasteiger partial charge in [0.25, 0.3) is 0 Å². The van der Waals surface area contributed by atoms with E-state index in [1.54, 1.807) is 0 Å². The van der Waals surface area contributed by atoms with Gasteiger partial charge in [-0.1, -0.05) is 13.0 Å². The highest BCUT2D eigenvalue weighted by molar-refractivity contribution is 14.0. The molecule has 2 aliphatic rings. The van der Waals surface area contributed by atoms with E-state index in [2.05, 4.69) is 51.8 Å². The molecule has 0 amide bonds. The maximum atomic E-state index is 5.43. The second-order valence-electron chi connectivity index (χ2n) is 8.20. The highest BCUT2D eigenvalue weighted by atomic mass is 127. The van der Waals surface area contributed by atoms with Gasteiger partial charge in [0, 0.05) is 31.1 Å². The normalized spacial score (nSPS) is 20.5. The zero-order chi connectivity index (χ0) is 20.3. The number of likely N-dealkylation sites (tertiary alicyclic amines) is 1. The molecule has 3 heterocycles. The van der Waals surface area contributed by atoms with Gasteiger partial charge in [-0.2, -0.15) is 0 Å². The maximum Gasteiger partial charge on any atom is 0.191 e. The van der Waals surface area contributed by atoms with Crippen molar-refractivity contribution >= 4 is 41.3 Å². The lowest BCUT2D eigenvalue weighted by molar-refractivity contribution is 0.0376. The Balaban J connectivity index is 0.00000320. The lowest BCUT2D eigenvalue weighted by Crippen LogP contribution is -2.41. The van der Waals surface area contributed by atoms with Crippen LogP contribution >= 0.6 is 35.3 Å². The van der Waals surface area contributed by atoms with Crippen LogP contribution in [0.3, 0.4) is 0 Å². The van der Waals surface area contributed by atoms with Crippen LogP contribution in [0.4, 0.5) is 0 Å². The summed E-state index contributed by atoms with van der Waals surface area (Å²) in [6.45, 7) is 14.5. The van der Waals surface area contributed by atoms with Gasteiger partial charge >= 0.3 is 0 Å². The van der Waals surface area contributed by atoms with Gasteiger partial charge in [-0.05, 0) is 63.2 Å². The van der Waals surface area contributed by atoms with E-state index >= 15 is 0 Å². The zero-order valence-electron chi connectivity index (χ0n) is 18.6. The fraction of sp³-hybridized carbons (Fsp3) is 0.773. The number of nitrogens with one attached hydrogen (secondary N) is 2. The molecule has 1 aromatic heterocycles. The maximum absolute atomic E-state index is 5.43. The Morgan fingerprint density at radius 1 is 1.23 bits per heavy atom. The van der Waals surface area contributed by atoms with Crippen molar-refractivity contribution in [2.45, 2.75) is 39.2 Å². The number of rotatable bonds is 9. The first-order valence-electron chi connectivity index (χ1n) is 11.4. The third-order valence-electron chi connectivity index (χ3n) is 5.94. The topological polar surface area (TPSA) is 52.1 Å². The molecule has 0 spiro atoms. The number of nitrogens with zero attached hydrogens (tertiary/aromatic N) is 3. The summed E-state index contributed by atoms with van der Waals surface area (Å²) in [6.07, 6.45) is 3.72. The molecule has 6 nitrogen and oxygen atoms in total. The van der Waals surface area contributed by atoms with Gasteiger partial charge in [0.2, 0.25) is 0 Å². The molecule has 2 aliphatic heterocycles. The van der Waals surface area contributed by atoms with Gasteiger partial charge in [-0.25, -0.2) is 0 Å². The number of hydrogen-bond acceptors (Lipinski definition) is 5. The van der Waals surface area contributed by atoms with E-state index in [4.69, 9.17) is 9.73 Å². The Morgan fingerprint density at radius 2 is 2.00 bits per heavy atom. The largest absolute Gasteiger partial charge is 0.379 e. The number of piperidine rings is 1. The summed E-state index contributed by atoms with van der Waals surface area (Å²) in [5.41, 5.74) is 0. The van der Waals surface area contributed by atoms with Crippen LogP contribution in [0.1, 0.15) is 44.0 Å². The summed E-state index contributed by atoms with van der Waals surface area (Å²) in [4.78, 5) is 11.5. The van der Waals surface area contributed by atoms with E-state index < -0.39 is 0 Å². The van der Waals surface area contributed by atoms with Crippen LogP contribution in [0.25, 0.3) is 0 Å². The predicted octanol–water partition coefficient (Wildman–Crippen LogP) is 3.42. The van der Waals surface area contributed by atoms with Crippen molar-refractivity contribution in [2.24, 2.45) is 10.9 Å². The lowest BCUT2D eigenvalue weighted by Gasteiger charge is -2.35. The van der Waals surface area contributed by atoms with E-state index in [1.807, 2.05) is 11.3 Å². The highest BCUT2D eigenvalue weighted by Crippen LogP contribution is 2.29. The van der Waals surface area contributed by atoms with Gasteiger partial charge in [-0.15, -0.1) is 35.3 Å². The molecule has 0 aromatic carbocycles. The van der Waals surface area contributed by atoms with Crippen LogP contribution in [-0.4, -0.2) is 81.3 Å². The van der Waals surface area contributed by atoms with Crippen molar-refractivity contribution in [1.82, 2.24) is 20.4 Å². The van der Waals surface area contributed by atoms with Crippen molar-refractivity contribution in [3.8, 4) is 0 Å². The lowest BCUT2D eigenvalue weighted by atomic mass is 9.97. The fourth-order valence-electron chi connectivity index (χ4n) is 4.06. The standard InChI is InChI=1S/C22H39N5OS.HI/c1-3-23-22(24-9-5-10-26-13-15-28-16-14-26)25-18-20(21-6-4-17-29-21)27-11-7-19(2)8-12-27;/h4,6,17,19-20H,3,5,7-16,18H2,1-2H3,(H2,23,24,25);1H. The summed E-state index contributed by atoms with van der Waals surface area (Å²) >= 11 is 1.86. The molecule has 2 saturated heterocycles. The molecular weight excluding hydrogens is 509 g/mol. The smallest absolute Gasteiger partial charge is 0.191 e. The van der Waals surface area contributed by atoms with Crippen molar-refractivity contribution in [1.29, 1.82) is 0 Å². The molecule has 0 aliphatic carbocycles. The minimum Gasteiger partial charge on any atom is -0.379 e. The van der Waals surface area contributed by atoms with Gasteiger partial charge < -0.3 is 15.4 Å². The fourth-order valence-corrected chi connectivity index (χ4v) is 4.91. The zero-order valence-corrected chi connectivity index (χ0v) is 21.8. The molecule has 8 heteroatoms. The first-order valence-corrected chi connectivity index (χ1v) is 12.2. The van der Waals surface area contributed by atoms with Crippen molar-refractivity contribution in [3.63, 3.8) is 0 Å².